The van der Waals surface area contributed by atoms with Crippen molar-refractivity contribution in [3.8, 4) is 5.75 Å². The lowest BCUT2D eigenvalue weighted by Gasteiger charge is -2.15. The van der Waals surface area contributed by atoms with Crippen LogP contribution in [0.3, 0.4) is 0 Å². The Bertz CT molecular complexity index is 308. The van der Waals surface area contributed by atoms with Crippen LogP contribution in [-0.4, -0.2) is 13.7 Å². The van der Waals surface area contributed by atoms with Gasteiger partial charge in [-0.05, 0) is 31.0 Å². The summed E-state index contributed by atoms with van der Waals surface area (Å²) in [5.74, 6) is 0.890. The van der Waals surface area contributed by atoms with Crippen molar-refractivity contribution in [2.75, 3.05) is 13.7 Å². The zero-order chi connectivity index (χ0) is 11.8. The van der Waals surface area contributed by atoms with Crippen LogP contribution in [0.1, 0.15) is 24.6 Å². The Morgan fingerprint density at radius 2 is 2.06 bits per heavy atom. The summed E-state index contributed by atoms with van der Waals surface area (Å²) in [6.45, 7) is 6.58. The van der Waals surface area contributed by atoms with E-state index in [1.165, 1.54) is 5.56 Å². The number of hydrogen-bond donors (Lipinski definition) is 0. The summed E-state index contributed by atoms with van der Waals surface area (Å²) in [5, 5.41) is 0. The first-order chi connectivity index (χ1) is 7.81. The molecule has 1 rings (SSSR count). The van der Waals surface area contributed by atoms with Gasteiger partial charge in [-0.3, -0.25) is 0 Å². The zero-order valence-electron chi connectivity index (χ0n) is 9.90. The van der Waals surface area contributed by atoms with E-state index in [0.29, 0.717) is 14.5 Å². The van der Waals surface area contributed by atoms with E-state index in [4.69, 9.17) is 9.26 Å². The van der Waals surface area contributed by atoms with Gasteiger partial charge in [0.15, 0.2) is 0 Å². The van der Waals surface area contributed by atoms with E-state index < -0.39 is 0 Å². The smallest absolute Gasteiger partial charge is 0.118 e. The molecule has 3 heteroatoms. The highest BCUT2D eigenvalue weighted by Crippen LogP contribution is 2.38. The summed E-state index contributed by atoms with van der Waals surface area (Å²) in [4.78, 5) is 0. The molecule has 0 fully saturated rings. The molecule has 2 atom stereocenters. The van der Waals surface area contributed by atoms with E-state index in [0.717, 1.165) is 18.8 Å². The first-order valence-corrected chi connectivity index (χ1v) is 6.42. The van der Waals surface area contributed by atoms with Crippen molar-refractivity contribution in [2.24, 2.45) is 0 Å². The van der Waals surface area contributed by atoms with Gasteiger partial charge in [-0.25, -0.2) is 0 Å². The number of benzene rings is 1. The molecule has 1 aromatic carbocycles. The van der Waals surface area contributed by atoms with Crippen LogP contribution in [0, 0.1) is 0 Å². The average Bonchev–Trinajstić information content (AvgIpc) is 2.35. The van der Waals surface area contributed by atoms with E-state index >= 15 is 0 Å². The van der Waals surface area contributed by atoms with Gasteiger partial charge in [0.2, 0.25) is 0 Å². The minimum atomic E-state index is 0.420. The van der Waals surface area contributed by atoms with Gasteiger partial charge < -0.3 is 9.26 Å². The third-order valence-electron chi connectivity index (χ3n) is 2.29. The second kappa shape index (κ2) is 7.43. The van der Waals surface area contributed by atoms with Gasteiger partial charge in [0.05, 0.1) is 7.11 Å². The quantitative estimate of drug-likeness (QED) is 0.529. The number of rotatable bonds is 7. The first kappa shape index (κ1) is 13.2. The van der Waals surface area contributed by atoms with Gasteiger partial charge in [0, 0.05) is 21.1 Å². The lowest BCUT2D eigenvalue weighted by atomic mass is 10.1. The summed E-state index contributed by atoms with van der Waals surface area (Å²) >= 11 is 0. The van der Waals surface area contributed by atoms with Crippen LogP contribution in [0.5, 0.6) is 5.75 Å². The molecule has 0 spiro atoms. The van der Waals surface area contributed by atoms with Gasteiger partial charge in [-0.15, -0.1) is 6.58 Å². The highest BCUT2D eigenvalue weighted by Gasteiger charge is 2.10. The Balaban J connectivity index is 2.70. The maximum atomic E-state index is 5.51. The predicted octanol–water partition coefficient (Wildman–Crippen LogP) is 3.94. The Kier molecular flexibility index (Phi) is 6.14. The number of allylic oxidation sites excluding steroid dienone is 1. The van der Waals surface area contributed by atoms with Crippen molar-refractivity contribution in [2.45, 2.75) is 19.0 Å². The van der Waals surface area contributed by atoms with Crippen molar-refractivity contribution in [1.82, 2.24) is 0 Å². The molecule has 0 radical (unpaired) electrons. The fourth-order valence-corrected chi connectivity index (χ4v) is 2.40. The number of methoxy groups -OCH3 is 1. The van der Waals surface area contributed by atoms with Gasteiger partial charge in [0.25, 0.3) is 0 Å². The topological polar surface area (TPSA) is 18.5 Å². The van der Waals surface area contributed by atoms with E-state index in [1.54, 1.807) is 7.11 Å². The van der Waals surface area contributed by atoms with Crippen LogP contribution in [0.4, 0.5) is 0 Å². The number of ether oxygens (including phenoxy) is 1. The van der Waals surface area contributed by atoms with Gasteiger partial charge in [-0.2, -0.15) is 0 Å². The second-order valence-electron chi connectivity index (χ2n) is 3.40. The monoisotopic (exact) mass is 238 g/mol. The van der Waals surface area contributed by atoms with E-state index in [9.17, 15) is 0 Å². The third-order valence-corrected chi connectivity index (χ3v) is 3.60. The molecule has 0 saturated carbocycles. The fraction of sp³-hybridized carbons (Fsp3) is 0.385. The third kappa shape index (κ3) is 3.96. The SMILES string of the molecule is C=CCC(POCC)c1ccc(OC)cc1. The molecule has 2 nitrogen and oxygen atoms in total. The summed E-state index contributed by atoms with van der Waals surface area (Å²) in [6, 6.07) is 8.17. The lowest BCUT2D eigenvalue weighted by Crippen LogP contribution is -1.93. The molecule has 0 aliphatic carbocycles. The van der Waals surface area contributed by atoms with Crippen molar-refractivity contribution in [1.29, 1.82) is 0 Å². The maximum absolute atomic E-state index is 5.51. The van der Waals surface area contributed by atoms with Crippen LogP contribution < -0.4 is 4.74 Å². The van der Waals surface area contributed by atoms with Crippen LogP contribution in [-0.2, 0) is 4.52 Å². The van der Waals surface area contributed by atoms with Crippen LogP contribution >= 0.6 is 8.81 Å². The summed E-state index contributed by atoms with van der Waals surface area (Å²) in [5.41, 5.74) is 1.70. The Morgan fingerprint density at radius 1 is 1.38 bits per heavy atom. The van der Waals surface area contributed by atoms with Gasteiger partial charge >= 0.3 is 0 Å². The van der Waals surface area contributed by atoms with Gasteiger partial charge in [-0.1, -0.05) is 18.2 Å². The summed E-state index contributed by atoms with van der Waals surface area (Å²) < 4.78 is 10.6. The molecule has 2 unspecified atom stereocenters. The molecule has 0 heterocycles. The summed E-state index contributed by atoms with van der Waals surface area (Å²) in [7, 11) is 2.17. The van der Waals surface area contributed by atoms with Crippen molar-refractivity contribution < 1.29 is 9.26 Å². The maximum Gasteiger partial charge on any atom is 0.118 e. The number of hydrogen-bond acceptors (Lipinski definition) is 2. The fourth-order valence-electron chi connectivity index (χ4n) is 1.44. The highest BCUT2D eigenvalue weighted by atomic mass is 31.1. The molecule has 0 aliphatic rings. The molecule has 0 bridgehead atoms. The molecule has 0 aliphatic heterocycles. The predicted molar refractivity (Wildman–Crippen MR) is 70.5 cm³/mol. The molecule has 0 amide bonds. The molecule has 0 aromatic heterocycles. The first-order valence-electron chi connectivity index (χ1n) is 5.44. The minimum absolute atomic E-state index is 0.420. The molecular formula is C13H19O2P. The Morgan fingerprint density at radius 3 is 2.56 bits per heavy atom. The van der Waals surface area contributed by atoms with Crippen molar-refractivity contribution in [3.05, 3.63) is 42.5 Å². The normalized spacial score (nSPS) is 12.9. The molecule has 16 heavy (non-hydrogen) atoms. The van der Waals surface area contributed by atoms with E-state index in [1.807, 2.05) is 25.1 Å². The summed E-state index contributed by atoms with van der Waals surface area (Å²) in [6.07, 6.45) is 2.89. The Labute approximate surface area is 99.5 Å². The van der Waals surface area contributed by atoms with Crippen LogP contribution in [0.25, 0.3) is 0 Å². The van der Waals surface area contributed by atoms with E-state index in [2.05, 4.69) is 18.7 Å². The minimum Gasteiger partial charge on any atom is -0.497 e. The van der Waals surface area contributed by atoms with Crippen molar-refractivity contribution in [3.63, 3.8) is 0 Å². The van der Waals surface area contributed by atoms with E-state index in [-0.39, 0.29) is 0 Å². The standard InChI is InChI=1S/C13H19O2P/c1-4-6-13(16-15-5-2)11-7-9-12(14-3)10-8-11/h4,7-10,13,16H,1,5-6H2,2-3H3. The largest absolute Gasteiger partial charge is 0.497 e. The Hall–Kier alpha value is -0.850. The van der Waals surface area contributed by atoms with Crippen molar-refractivity contribution >= 4 is 8.81 Å². The molecular weight excluding hydrogens is 219 g/mol. The molecule has 88 valence electrons. The average molecular weight is 238 g/mol. The van der Waals surface area contributed by atoms with Crippen LogP contribution in [0.2, 0.25) is 0 Å². The lowest BCUT2D eigenvalue weighted by molar-refractivity contribution is 0.384. The van der Waals surface area contributed by atoms with Crippen LogP contribution in [0.15, 0.2) is 36.9 Å². The molecule has 0 N–H and O–H groups in total. The zero-order valence-corrected chi connectivity index (χ0v) is 10.9. The highest BCUT2D eigenvalue weighted by molar-refractivity contribution is 7.32. The second-order valence-corrected chi connectivity index (χ2v) is 4.62. The molecule has 1 aromatic rings. The molecule has 0 saturated heterocycles. The van der Waals surface area contributed by atoms with Gasteiger partial charge in [0.1, 0.15) is 5.75 Å².